The predicted molar refractivity (Wildman–Crippen MR) is 60.8 cm³/mol. The van der Waals surface area contributed by atoms with Crippen molar-refractivity contribution in [3.05, 3.63) is 35.4 Å². The van der Waals surface area contributed by atoms with E-state index in [4.69, 9.17) is 5.11 Å². The molecule has 1 N–H and O–H groups in total. The topological polar surface area (TPSA) is 37.3 Å². The summed E-state index contributed by atoms with van der Waals surface area (Å²) in [6.07, 6.45) is 1.30. The van der Waals surface area contributed by atoms with Crippen LogP contribution in [0.1, 0.15) is 24.5 Å². The Morgan fingerprint density at radius 3 is 2.60 bits per heavy atom. The Morgan fingerprint density at radius 1 is 1.40 bits per heavy atom. The van der Waals surface area contributed by atoms with E-state index in [1.807, 2.05) is 31.2 Å². The number of carbonyl (C=O) groups is 1. The highest BCUT2D eigenvalue weighted by Gasteiger charge is 2.14. The zero-order valence-electron chi connectivity index (χ0n) is 9.36. The van der Waals surface area contributed by atoms with Crippen LogP contribution in [-0.4, -0.2) is 17.5 Å². The lowest BCUT2D eigenvalue weighted by molar-refractivity contribution is -0.121. The van der Waals surface area contributed by atoms with Gasteiger partial charge in [-0.15, -0.1) is 0 Å². The number of hydrogen-bond donors (Lipinski definition) is 1. The molecule has 0 spiro atoms. The van der Waals surface area contributed by atoms with Gasteiger partial charge in [-0.1, -0.05) is 24.3 Å². The molecule has 1 aromatic rings. The third-order valence-electron chi connectivity index (χ3n) is 2.78. The number of rotatable bonds is 5. The summed E-state index contributed by atoms with van der Waals surface area (Å²) >= 11 is 0. The van der Waals surface area contributed by atoms with Crippen LogP contribution in [0.15, 0.2) is 24.3 Å². The van der Waals surface area contributed by atoms with Gasteiger partial charge in [-0.05, 0) is 37.8 Å². The van der Waals surface area contributed by atoms with Gasteiger partial charge in [0.2, 0.25) is 0 Å². The molecule has 0 saturated carbocycles. The maximum Gasteiger partial charge on any atom is 0.133 e. The summed E-state index contributed by atoms with van der Waals surface area (Å²) in [6, 6.07) is 8.07. The third-order valence-corrected chi connectivity index (χ3v) is 2.78. The minimum atomic E-state index is -0.0453. The molecule has 2 nitrogen and oxygen atoms in total. The van der Waals surface area contributed by atoms with E-state index in [9.17, 15) is 4.79 Å². The molecule has 0 aliphatic rings. The summed E-state index contributed by atoms with van der Waals surface area (Å²) in [7, 11) is 0. The minimum Gasteiger partial charge on any atom is -0.396 e. The first kappa shape index (κ1) is 11.9. The van der Waals surface area contributed by atoms with Crippen molar-refractivity contribution in [2.24, 2.45) is 5.92 Å². The van der Waals surface area contributed by atoms with Gasteiger partial charge in [0.1, 0.15) is 5.78 Å². The maximum absolute atomic E-state index is 11.3. The van der Waals surface area contributed by atoms with Crippen LogP contribution in [0, 0.1) is 12.8 Å². The van der Waals surface area contributed by atoms with Gasteiger partial charge in [0.15, 0.2) is 0 Å². The van der Waals surface area contributed by atoms with Crippen LogP contribution in [0.4, 0.5) is 0 Å². The lowest BCUT2D eigenvalue weighted by atomic mass is 9.91. The van der Waals surface area contributed by atoms with Crippen molar-refractivity contribution in [2.45, 2.75) is 26.7 Å². The fourth-order valence-corrected chi connectivity index (χ4v) is 1.71. The molecule has 1 rings (SSSR count). The van der Waals surface area contributed by atoms with Gasteiger partial charge in [0, 0.05) is 12.5 Å². The van der Waals surface area contributed by atoms with E-state index in [0.717, 1.165) is 6.42 Å². The van der Waals surface area contributed by atoms with Gasteiger partial charge in [0.25, 0.3) is 0 Å². The van der Waals surface area contributed by atoms with Crippen molar-refractivity contribution in [2.75, 3.05) is 6.61 Å². The minimum absolute atomic E-state index is 0.0453. The molecule has 0 aliphatic carbocycles. The standard InChI is InChI=1S/C13H18O2/c1-10-5-3-4-6-12(10)9-13(7-8-14)11(2)15/h3-6,13-14H,7-9H2,1-2H3. The summed E-state index contributed by atoms with van der Waals surface area (Å²) in [4.78, 5) is 11.3. The first-order chi connectivity index (χ1) is 7.15. The van der Waals surface area contributed by atoms with E-state index in [2.05, 4.69) is 0 Å². The normalized spacial score (nSPS) is 12.5. The monoisotopic (exact) mass is 206 g/mol. The van der Waals surface area contributed by atoms with E-state index in [-0.39, 0.29) is 18.3 Å². The quantitative estimate of drug-likeness (QED) is 0.801. The van der Waals surface area contributed by atoms with Crippen molar-refractivity contribution in [1.29, 1.82) is 0 Å². The van der Waals surface area contributed by atoms with Crippen LogP contribution in [0.5, 0.6) is 0 Å². The van der Waals surface area contributed by atoms with Crippen molar-refractivity contribution >= 4 is 5.78 Å². The molecule has 15 heavy (non-hydrogen) atoms. The predicted octanol–water partition coefficient (Wildman–Crippen LogP) is 2.13. The molecule has 0 aromatic heterocycles. The number of hydrogen-bond acceptors (Lipinski definition) is 2. The van der Waals surface area contributed by atoms with Crippen LogP contribution in [-0.2, 0) is 11.2 Å². The molecular formula is C13H18O2. The van der Waals surface area contributed by atoms with Crippen LogP contribution in [0.3, 0.4) is 0 Å². The molecule has 1 unspecified atom stereocenters. The molecule has 0 heterocycles. The molecule has 0 amide bonds. The Bertz CT molecular complexity index is 331. The molecule has 1 atom stereocenters. The summed E-state index contributed by atoms with van der Waals surface area (Å²) < 4.78 is 0. The fraction of sp³-hybridized carbons (Fsp3) is 0.462. The molecular weight excluding hydrogens is 188 g/mol. The average molecular weight is 206 g/mol. The second-order valence-corrected chi connectivity index (χ2v) is 3.95. The number of Topliss-reactive ketones (excluding diaryl/α,β-unsaturated/α-hetero) is 1. The zero-order valence-corrected chi connectivity index (χ0v) is 9.36. The number of benzene rings is 1. The Hall–Kier alpha value is -1.15. The smallest absolute Gasteiger partial charge is 0.133 e. The molecule has 82 valence electrons. The van der Waals surface area contributed by atoms with Crippen LogP contribution >= 0.6 is 0 Å². The Morgan fingerprint density at radius 2 is 2.07 bits per heavy atom. The fourth-order valence-electron chi connectivity index (χ4n) is 1.71. The zero-order chi connectivity index (χ0) is 11.3. The van der Waals surface area contributed by atoms with Crippen molar-refractivity contribution in [3.63, 3.8) is 0 Å². The van der Waals surface area contributed by atoms with E-state index >= 15 is 0 Å². The Labute approximate surface area is 90.9 Å². The van der Waals surface area contributed by atoms with Gasteiger partial charge in [-0.2, -0.15) is 0 Å². The highest BCUT2D eigenvalue weighted by Crippen LogP contribution is 2.16. The van der Waals surface area contributed by atoms with E-state index in [1.54, 1.807) is 6.92 Å². The molecule has 0 saturated heterocycles. The second-order valence-electron chi connectivity index (χ2n) is 3.95. The van der Waals surface area contributed by atoms with Crippen molar-refractivity contribution < 1.29 is 9.90 Å². The Balaban J connectivity index is 2.74. The maximum atomic E-state index is 11.3. The SMILES string of the molecule is CC(=O)C(CCO)Cc1ccccc1C. The number of aliphatic hydroxyl groups excluding tert-OH is 1. The molecule has 2 heteroatoms. The van der Waals surface area contributed by atoms with Crippen molar-refractivity contribution in [3.8, 4) is 0 Å². The van der Waals surface area contributed by atoms with E-state index in [0.29, 0.717) is 6.42 Å². The number of aliphatic hydroxyl groups is 1. The van der Waals surface area contributed by atoms with Crippen LogP contribution in [0.2, 0.25) is 0 Å². The average Bonchev–Trinajstić information content (AvgIpc) is 2.20. The summed E-state index contributed by atoms with van der Waals surface area (Å²) in [5.74, 6) is 0.114. The van der Waals surface area contributed by atoms with Crippen LogP contribution in [0.25, 0.3) is 0 Å². The molecule has 0 fully saturated rings. The summed E-state index contributed by atoms with van der Waals surface area (Å²) in [6.45, 7) is 3.72. The molecule has 1 aromatic carbocycles. The number of ketones is 1. The lowest BCUT2D eigenvalue weighted by Gasteiger charge is -2.13. The largest absolute Gasteiger partial charge is 0.396 e. The molecule has 0 bridgehead atoms. The Kier molecular flexibility index (Phi) is 4.50. The lowest BCUT2D eigenvalue weighted by Crippen LogP contribution is -2.16. The number of aryl methyl sites for hydroxylation is 1. The first-order valence-corrected chi connectivity index (χ1v) is 5.31. The summed E-state index contributed by atoms with van der Waals surface area (Å²) in [5, 5.41) is 8.88. The van der Waals surface area contributed by atoms with Gasteiger partial charge in [0.05, 0.1) is 0 Å². The van der Waals surface area contributed by atoms with Crippen molar-refractivity contribution in [1.82, 2.24) is 0 Å². The number of carbonyl (C=O) groups excluding carboxylic acids is 1. The van der Waals surface area contributed by atoms with Gasteiger partial charge < -0.3 is 5.11 Å². The summed E-state index contributed by atoms with van der Waals surface area (Å²) in [5.41, 5.74) is 2.41. The highest BCUT2D eigenvalue weighted by atomic mass is 16.3. The molecule has 0 aliphatic heterocycles. The second kappa shape index (κ2) is 5.66. The third kappa shape index (κ3) is 3.48. The first-order valence-electron chi connectivity index (χ1n) is 5.31. The van der Waals surface area contributed by atoms with Gasteiger partial charge in [-0.25, -0.2) is 0 Å². The van der Waals surface area contributed by atoms with Gasteiger partial charge in [-0.3, -0.25) is 4.79 Å². The van der Waals surface area contributed by atoms with E-state index < -0.39 is 0 Å². The molecule has 0 radical (unpaired) electrons. The van der Waals surface area contributed by atoms with Gasteiger partial charge >= 0.3 is 0 Å². The van der Waals surface area contributed by atoms with E-state index in [1.165, 1.54) is 11.1 Å². The highest BCUT2D eigenvalue weighted by molar-refractivity contribution is 5.78. The van der Waals surface area contributed by atoms with Crippen LogP contribution < -0.4 is 0 Å².